The lowest BCUT2D eigenvalue weighted by molar-refractivity contribution is 0.0519. The molecule has 0 aliphatic heterocycles. The molecule has 0 fully saturated rings. The highest BCUT2D eigenvalue weighted by atomic mass is 35.5. The quantitative estimate of drug-likeness (QED) is 0.730. The van der Waals surface area contributed by atoms with E-state index in [1.807, 2.05) is 19.1 Å². The second kappa shape index (κ2) is 6.45. The van der Waals surface area contributed by atoms with Crippen molar-refractivity contribution in [2.45, 2.75) is 20.3 Å². The molecule has 0 aliphatic carbocycles. The van der Waals surface area contributed by atoms with Crippen LogP contribution in [0.15, 0.2) is 24.3 Å². The molecule has 0 radical (unpaired) electrons. The van der Waals surface area contributed by atoms with Gasteiger partial charge in [-0.15, -0.1) is 10.2 Å². The number of carbonyl (C=O) groups is 1. The molecule has 0 saturated carbocycles. The Kier molecular flexibility index (Phi) is 4.35. The number of nitrogen functional groups attached to an aromatic ring is 1. The first-order valence-electron chi connectivity index (χ1n) is 7.53. The Morgan fingerprint density at radius 3 is 2.58 bits per heavy atom. The number of esters is 1. The third kappa shape index (κ3) is 2.67. The van der Waals surface area contributed by atoms with Crippen LogP contribution in [0.2, 0.25) is 5.02 Å². The Hall–Kier alpha value is -2.67. The molecule has 1 aromatic carbocycles. The Morgan fingerprint density at radius 1 is 1.25 bits per heavy atom. The van der Waals surface area contributed by atoms with Crippen LogP contribution in [-0.4, -0.2) is 32.4 Å². The molecule has 2 N–H and O–H groups in total. The van der Waals surface area contributed by atoms with Crippen molar-refractivity contribution in [2.75, 3.05) is 12.3 Å². The monoisotopic (exact) mass is 345 g/mol. The van der Waals surface area contributed by atoms with Gasteiger partial charge < -0.3 is 10.5 Å². The van der Waals surface area contributed by atoms with E-state index in [0.717, 1.165) is 16.8 Å². The second-order valence-corrected chi connectivity index (χ2v) is 5.51. The minimum atomic E-state index is -0.619. The maximum Gasteiger partial charge on any atom is 0.362 e. The van der Waals surface area contributed by atoms with E-state index in [1.54, 1.807) is 19.1 Å². The van der Waals surface area contributed by atoms with Crippen LogP contribution >= 0.6 is 11.6 Å². The number of aryl methyl sites for hydroxylation is 1. The average Bonchev–Trinajstić information content (AvgIpc) is 2.95. The topological polar surface area (TPSA) is 95.4 Å². The normalized spacial score (nSPS) is 11.0. The number of fused-ring (bicyclic) bond motifs is 1. The van der Waals surface area contributed by atoms with Crippen LogP contribution in [0, 0.1) is 0 Å². The van der Waals surface area contributed by atoms with Crippen molar-refractivity contribution in [3.8, 4) is 11.1 Å². The van der Waals surface area contributed by atoms with Crippen LogP contribution in [0.25, 0.3) is 16.8 Å². The Bertz CT molecular complexity index is 905. The lowest BCUT2D eigenvalue weighted by Crippen LogP contribution is -2.15. The first-order chi connectivity index (χ1) is 11.6. The highest BCUT2D eigenvalue weighted by Crippen LogP contribution is 2.30. The highest BCUT2D eigenvalue weighted by Gasteiger charge is 2.22. The summed E-state index contributed by atoms with van der Waals surface area (Å²) >= 11 is 5.96. The molecule has 8 heteroatoms. The zero-order valence-electron chi connectivity index (χ0n) is 13.3. The summed E-state index contributed by atoms with van der Waals surface area (Å²) in [4.78, 5) is 11.9. The molecule has 3 aromatic rings. The van der Waals surface area contributed by atoms with Gasteiger partial charge in [0.25, 0.3) is 0 Å². The Labute approximate surface area is 143 Å². The first kappa shape index (κ1) is 16.2. The van der Waals surface area contributed by atoms with Crippen molar-refractivity contribution >= 4 is 29.0 Å². The lowest BCUT2D eigenvalue weighted by Gasteiger charge is -2.05. The number of carbonyl (C=O) groups excluding carboxylic acids is 1. The van der Waals surface area contributed by atoms with Crippen LogP contribution in [0.5, 0.6) is 0 Å². The molecule has 0 atom stereocenters. The van der Waals surface area contributed by atoms with E-state index in [4.69, 9.17) is 22.1 Å². The van der Waals surface area contributed by atoms with E-state index < -0.39 is 5.97 Å². The van der Waals surface area contributed by atoms with Gasteiger partial charge in [-0.25, -0.2) is 4.79 Å². The summed E-state index contributed by atoms with van der Waals surface area (Å²) in [6.07, 6.45) is 0.676. The third-order valence-corrected chi connectivity index (χ3v) is 3.84. The zero-order valence-corrected chi connectivity index (χ0v) is 14.0. The van der Waals surface area contributed by atoms with E-state index in [1.165, 1.54) is 4.52 Å². The van der Waals surface area contributed by atoms with Crippen LogP contribution in [0.1, 0.15) is 30.0 Å². The number of anilines is 1. The van der Waals surface area contributed by atoms with Gasteiger partial charge in [0.1, 0.15) is 0 Å². The third-order valence-electron chi connectivity index (χ3n) is 3.59. The van der Waals surface area contributed by atoms with Crippen LogP contribution < -0.4 is 5.73 Å². The molecule has 0 amide bonds. The zero-order chi connectivity index (χ0) is 17.3. The minimum Gasteiger partial charge on any atom is -0.461 e. The smallest absolute Gasteiger partial charge is 0.362 e. The predicted molar refractivity (Wildman–Crippen MR) is 91.0 cm³/mol. The van der Waals surface area contributed by atoms with E-state index in [9.17, 15) is 4.79 Å². The number of nitrogens with two attached hydrogens (primary N) is 1. The van der Waals surface area contributed by atoms with Gasteiger partial charge in [0.2, 0.25) is 5.69 Å². The number of aromatic nitrogens is 4. The standard InChI is InChI=1S/C16H16ClN5O2/c1-3-11-12(9-5-7-10(17)8-6-9)15-20-19-13(16(23)24-4-2)14(18)22(15)21-11/h5-8H,3-4,18H2,1-2H3. The summed E-state index contributed by atoms with van der Waals surface area (Å²) in [5, 5.41) is 13.2. The molecule has 3 rings (SSSR count). The van der Waals surface area contributed by atoms with Crippen LogP contribution in [-0.2, 0) is 11.2 Å². The van der Waals surface area contributed by atoms with Gasteiger partial charge >= 0.3 is 5.97 Å². The number of halogens is 1. The van der Waals surface area contributed by atoms with Gasteiger partial charge in [-0.2, -0.15) is 9.61 Å². The number of hydrogen-bond donors (Lipinski definition) is 1. The molecule has 0 bridgehead atoms. The molecular formula is C16H16ClN5O2. The van der Waals surface area contributed by atoms with Gasteiger partial charge in [-0.1, -0.05) is 30.7 Å². The molecule has 2 heterocycles. The van der Waals surface area contributed by atoms with Crippen molar-refractivity contribution in [1.82, 2.24) is 19.8 Å². The van der Waals surface area contributed by atoms with Crippen molar-refractivity contribution in [3.05, 3.63) is 40.7 Å². The van der Waals surface area contributed by atoms with E-state index in [0.29, 0.717) is 17.1 Å². The maximum atomic E-state index is 11.9. The maximum absolute atomic E-state index is 11.9. The summed E-state index contributed by atoms with van der Waals surface area (Å²) in [6, 6.07) is 7.36. The summed E-state index contributed by atoms with van der Waals surface area (Å²) in [7, 11) is 0. The van der Waals surface area contributed by atoms with Gasteiger partial charge in [0.15, 0.2) is 11.5 Å². The number of ether oxygens (including phenoxy) is 1. The van der Waals surface area contributed by atoms with E-state index >= 15 is 0 Å². The average molecular weight is 346 g/mol. The van der Waals surface area contributed by atoms with Crippen molar-refractivity contribution in [3.63, 3.8) is 0 Å². The van der Waals surface area contributed by atoms with Gasteiger partial charge in [-0.3, -0.25) is 0 Å². The lowest BCUT2D eigenvalue weighted by atomic mass is 10.0. The molecule has 0 unspecified atom stereocenters. The van der Waals surface area contributed by atoms with E-state index in [-0.39, 0.29) is 18.1 Å². The fourth-order valence-electron chi connectivity index (χ4n) is 2.47. The van der Waals surface area contributed by atoms with Crippen LogP contribution in [0.4, 0.5) is 5.82 Å². The number of rotatable bonds is 4. The molecular weight excluding hydrogens is 330 g/mol. The van der Waals surface area contributed by atoms with Gasteiger partial charge in [-0.05, 0) is 31.0 Å². The highest BCUT2D eigenvalue weighted by molar-refractivity contribution is 6.30. The fourth-order valence-corrected chi connectivity index (χ4v) is 2.59. The van der Waals surface area contributed by atoms with Crippen molar-refractivity contribution in [2.24, 2.45) is 0 Å². The van der Waals surface area contributed by atoms with Gasteiger partial charge in [0.05, 0.1) is 17.9 Å². The van der Waals surface area contributed by atoms with Crippen LogP contribution in [0.3, 0.4) is 0 Å². The van der Waals surface area contributed by atoms with E-state index in [2.05, 4.69) is 15.3 Å². The predicted octanol–water partition coefficient (Wildman–Crippen LogP) is 2.77. The largest absolute Gasteiger partial charge is 0.461 e. The Morgan fingerprint density at radius 2 is 1.96 bits per heavy atom. The molecule has 24 heavy (non-hydrogen) atoms. The minimum absolute atomic E-state index is 0.0443. The number of benzene rings is 1. The molecule has 0 saturated heterocycles. The number of hydrogen-bond acceptors (Lipinski definition) is 6. The molecule has 0 aliphatic rings. The molecule has 7 nitrogen and oxygen atoms in total. The van der Waals surface area contributed by atoms with Gasteiger partial charge in [0, 0.05) is 5.02 Å². The second-order valence-electron chi connectivity index (χ2n) is 5.07. The summed E-state index contributed by atoms with van der Waals surface area (Å²) in [5.41, 5.74) is 9.04. The number of nitrogens with zero attached hydrogens (tertiary/aromatic N) is 4. The summed E-state index contributed by atoms with van der Waals surface area (Å²) < 4.78 is 6.37. The SMILES string of the molecule is CCOC(=O)c1nnc2c(-c3ccc(Cl)cc3)c(CC)nn2c1N. The molecule has 2 aromatic heterocycles. The Balaban J connectivity index is 2.22. The fraction of sp³-hybridized carbons (Fsp3) is 0.250. The first-order valence-corrected chi connectivity index (χ1v) is 7.91. The summed E-state index contributed by atoms with van der Waals surface area (Å²) in [5.74, 6) is -0.514. The van der Waals surface area contributed by atoms with Crippen molar-refractivity contribution in [1.29, 1.82) is 0 Å². The molecule has 124 valence electrons. The van der Waals surface area contributed by atoms with Crippen molar-refractivity contribution < 1.29 is 9.53 Å². The molecule has 0 spiro atoms. The summed E-state index contributed by atoms with van der Waals surface area (Å²) in [6.45, 7) is 3.92.